The fourth-order valence-corrected chi connectivity index (χ4v) is 3.67. The van der Waals surface area contributed by atoms with Crippen molar-refractivity contribution in [3.05, 3.63) is 47.5 Å². The molecule has 0 radical (unpaired) electrons. The Labute approximate surface area is 133 Å². The molecule has 3 nitrogen and oxygen atoms in total. The molecule has 0 bridgehead atoms. The van der Waals surface area contributed by atoms with Gasteiger partial charge in [0.2, 0.25) is 0 Å². The third-order valence-electron chi connectivity index (χ3n) is 4.09. The highest BCUT2D eigenvalue weighted by molar-refractivity contribution is 6.08. The van der Waals surface area contributed by atoms with Crippen molar-refractivity contribution < 1.29 is 0 Å². The first-order valence-corrected chi connectivity index (χ1v) is 7.78. The van der Waals surface area contributed by atoms with Crippen molar-refractivity contribution in [3.8, 4) is 6.07 Å². The lowest BCUT2D eigenvalue weighted by Gasteiger charge is -2.45. The highest BCUT2D eigenvalue weighted by Gasteiger charge is 2.36. The van der Waals surface area contributed by atoms with Gasteiger partial charge in [-0.15, -0.1) is 0 Å². The highest BCUT2D eigenvalue weighted by atomic mass is 15.0. The van der Waals surface area contributed by atoms with E-state index in [0.717, 1.165) is 12.8 Å². The fraction of sp³-hybridized carbons (Fsp3) is 0.474. The molecular formula is C19H25N3. The lowest BCUT2D eigenvalue weighted by atomic mass is 9.76. The summed E-state index contributed by atoms with van der Waals surface area (Å²) in [6, 6.07) is 9.45. The number of nitrogens with zero attached hydrogens (tertiary/aromatic N) is 1. The standard InChI is InChI=1S/C19H25N3/c1-18(2)11-14(12-19(3,4)22-18)9-10-17(21)16-8-6-5-7-15(16)13-20/h5-10,14,21-22H,11-12H2,1-4H3/b10-9-,21-17?. The SMILES string of the molecule is CC1(C)CC(/C=C\C(=N)c2ccccc2C#N)CC(C)(C)N1. The van der Waals surface area contributed by atoms with E-state index in [0.29, 0.717) is 22.8 Å². The molecule has 1 aromatic rings. The number of nitrogens with one attached hydrogen (secondary N) is 2. The molecule has 0 atom stereocenters. The maximum Gasteiger partial charge on any atom is 0.0998 e. The van der Waals surface area contributed by atoms with Crippen LogP contribution in [0.2, 0.25) is 0 Å². The van der Waals surface area contributed by atoms with E-state index in [9.17, 15) is 0 Å². The second-order valence-electron chi connectivity index (χ2n) is 7.49. The van der Waals surface area contributed by atoms with Crippen LogP contribution in [0, 0.1) is 22.7 Å². The van der Waals surface area contributed by atoms with Gasteiger partial charge in [-0.2, -0.15) is 5.26 Å². The molecule has 1 saturated heterocycles. The van der Waals surface area contributed by atoms with Crippen LogP contribution < -0.4 is 5.32 Å². The quantitative estimate of drug-likeness (QED) is 0.827. The first-order chi connectivity index (χ1) is 10.2. The molecule has 1 aliphatic heterocycles. The zero-order chi connectivity index (χ0) is 16.4. The van der Waals surface area contributed by atoms with Crippen LogP contribution in [0.1, 0.15) is 51.7 Å². The summed E-state index contributed by atoms with van der Waals surface area (Å²) in [5.41, 5.74) is 1.87. The summed E-state index contributed by atoms with van der Waals surface area (Å²) in [6.45, 7) is 8.91. The van der Waals surface area contributed by atoms with Crippen molar-refractivity contribution in [2.45, 2.75) is 51.6 Å². The highest BCUT2D eigenvalue weighted by Crippen LogP contribution is 2.33. The third-order valence-corrected chi connectivity index (χ3v) is 4.09. The predicted molar refractivity (Wildman–Crippen MR) is 91.1 cm³/mol. The van der Waals surface area contributed by atoms with E-state index in [1.165, 1.54) is 0 Å². The maximum absolute atomic E-state index is 9.14. The zero-order valence-electron chi connectivity index (χ0n) is 13.9. The second-order valence-corrected chi connectivity index (χ2v) is 7.49. The van der Waals surface area contributed by atoms with Gasteiger partial charge in [0.15, 0.2) is 0 Å². The number of piperidine rings is 1. The molecule has 3 heteroatoms. The number of hydrogen-bond donors (Lipinski definition) is 2. The van der Waals surface area contributed by atoms with Crippen molar-refractivity contribution in [1.82, 2.24) is 5.32 Å². The summed E-state index contributed by atoms with van der Waals surface area (Å²) in [5.74, 6) is 0.445. The largest absolute Gasteiger partial charge is 0.307 e. The first kappa shape index (κ1) is 16.5. The van der Waals surface area contributed by atoms with E-state index < -0.39 is 0 Å². The molecular weight excluding hydrogens is 270 g/mol. The van der Waals surface area contributed by atoms with Crippen molar-refractivity contribution in [2.24, 2.45) is 5.92 Å². The Morgan fingerprint density at radius 2 is 1.82 bits per heavy atom. The van der Waals surface area contributed by atoms with Gasteiger partial charge in [-0.25, -0.2) is 0 Å². The maximum atomic E-state index is 9.14. The summed E-state index contributed by atoms with van der Waals surface area (Å²) in [6.07, 6.45) is 6.11. The number of nitriles is 1. The average molecular weight is 295 g/mol. The monoisotopic (exact) mass is 295 g/mol. The van der Waals surface area contributed by atoms with Gasteiger partial charge in [0.1, 0.15) is 0 Å². The smallest absolute Gasteiger partial charge is 0.0998 e. The van der Waals surface area contributed by atoms with Gasteiger partial charge in [0, 0.05) is 16.6 Å². The fourth-order valence-electron chi connectivity index (χ4n) is 3.67. The molecule has 1 aromatic carbocycles. The second kappa shape index (κ2) is 6.06. The van der Waals surface area contributed by atoms with Crippen LogP contribution in [-0.2, 0) is 0 Å². The van der Waals surface area contributed by atoms with Crippen LogP contribution in [0.25, 0.3) is 0 Å². The Hall–Kier alpha value is -1.92. The van der Waals surface area contributed by atoms with Crippen LogP contribution in [0.3, 0.4) is 0 Å². The number of hydrogen-bond acceptors (Lipinski definition) is 3. The van der Waals surface area contributed by atoms with Gasteiger partial charge >= 0.3 is 0 Å². The van der Waals surface area contributed by atoms with Crippen LogP contribution in [-0.4, -0.2) is 16.8 Å². The van der Waals surface area contributed by atoms with E-state index in [4.69, 9.17) is 10.7 Å². The van der Waals surface area contributed by atoms with E-state index in [2.05, 4.69) is 45.2 Å². The molecule has 2 N–H and O–H groups in total. The minimum Gasteiger partial charge on any atom is -0.307 e. The van der Waals surface area contributed by atoms with Crippen LogP contribution in [0.15, 0.2) is 36.4 Å². The topological polar surface area (TPSA) is 59.7 Å². The number of allylic oxidation sites excluding steroid dienone is 2. The Kier molecular flexibility index (Phi) is 4.53. The summed E-state index contributed by atoms with van der Waals surface area (Å²) in [5, 5.41) is 21.0. The van der Waals surface area contributed by atoms with Crippen molar-refractivity contribution in [1.29, 1.82) is 10.7 Å². The van der Waals surface area contributed by atoms with Crippen molar-refractivity contribution >= 4 is 5.71 Å². The Bertz CT molecular complexity index is 616. The first-order valence-electron chi connectivity index (χ1n) is 7.78. The van der Waals surface area contributed by atoms with Gasteiger partial charge in [-0.3, -0.25) is 0 Å². The predicted octanol–water partition coefficient (Wildman–Crippen LogP) is 4.04. The molecule has 0 unspecified atom stereocenters. The molecule has 2 rings (SSSR count). The van der Waals surface area contributed by atoms with E-state index >= 15 is 0 Å². The summed E-state index contributed by atoms with van der Waals surface area (Å²) in [7, 11) is 0. The van der Waals surface area contributed by atoms with Crippen molar-refractivity contribution in [2.75, 3.05) is 0 Å². The summed E-state index contributed by atoms with van der Waals surface area (Å²) >= 11 is 0. The molecule has 1 fully saturated rings. The molecule has 0 aliphatic carbocycles. The minimum absolute atomic E-state index is 0.101. The molecule has 22 heavy (non-hydrogen) atoms. The van der Waals surface area contributed by atoms with Crippen LogP contribution >= 0.6 is 0 Å². The zero-order valence-corrected chi connectivity index (χ0v) is 13.9. The Morgan fingerprint density at radius 1 is 1.23 bits per heavy atom. The molecule has 0 spiro atoms. The van der Waals surface area contributed by atoms with E-state index in [-0.39, 0.29) is 11.1 Å². The van der Waals surface area contributed by atoms with Crippen molar-refractivity contribution in [3.63, 3.8) is 0 Å². The Balaban J connectivity index is 2.15. The molecule has 1 aliphatic rings. The van der Waals surface area contributed by atoms with Gasteiger partial charge in [0.25, 0.3) is 0 Å². The molecule has 0 amide bonds. The number of rotatable bonds is 3. The molecule has 0 aromatic heterocycles. The van der Waals surface area contributed by atoms with Gasteiger partial charge in [0.05, 0.1) is 17.3 Å². The van der Waals surface area contributed by atoms with Gasteiger partial charge in [-0.05, 0) is 58.6 Å². The van der Waals surface area contributed by atoms with E-state index in [1.54, 1.807) is 6.07 Å². The molecule has 1 heterocycles. The summed E-state index contributed by atoms with van der Waals surface area (Å²) < 4.78 is 0. The lowest BCUT2D eigenvalue weighted by Crippen LogP contribution is -2.57. The Morgan fingerprint density at radius 3 is 2.41 bits per heavy atom. The average Bonchev–Trinajstić information content (AvgIpc) is 2.41. The lowest BCUT2D eigenvalue weighted by molar-refractivity contribution is 0.150. The number of benzene rings is 1. The minimum atomic E-state index is 0.101. The third kappa shape index (κ3) is 4.05. The summed E-state index contributed by atoms with van der Waals surface area (Å²) in [4.78, 5) is 0. The molecule has 0 saturated carbocycles. The van der Waals surface area contributed by atoms with Crippen LogP contribution in [0.4, 0.5) is 0 Å². The molecule has 116 valence electrons. The van der Waals surface area contributed by atoms with Crippen LogP contribution in [0.5, 0.6) is 0 Å². The normalized spacial score (nSPS) is 20.7. The van der Waals surface area contributed by atoms with Gasteiger partial charge in [-0.1, -0.05) is 24.3 Å². The van der Waals surface area contributed by atoms with E-state index in [1.807, 2.05) is 24.3 Å². The van der Waals surface area contributed by atoms with Gasteiger partial charge < -0.3 is 10.7 Å².